The molecule has 1 unspecified atom stereocenters. The van der Waals surface area contributed by atoms with Crippen LogP contribution in [0.25, 0.3) is 0 Å². The number of imidazole rings is 1. The number of aryl methyl sites for hydroxylation is 1. The van der Waals surface area contributed by atoms with E-state index in [9.17, 15) is 4.79 Å². The fraction of sp³-hybridized carbons (Fsp3) is 0.286. The van der Waals surface area contributed by atoms with Crippen LogP contribution in [0.4, 0.5) is 0 Å². The van der Waals surface area contributed by atoms with Gasteiger partial charge >= 0.3 is 0 Å². The summed E-state index contributed by atoms with van der Waals surface area (Å²) in [7, 11) is 1.97. The number of amides is 1. The summed E-state index contributed by atoms with van der Waals surface area (Å²) in [5, 5.41) is 3.39. The number of benzene rings is 1. The van der Waals surface area contributed by atoms with Crippen LogP contribution in [-0.4, -0.2) is 15.5 Å². The highest BCUT2D eigenvalue weighted by Gasteiger charge is 2.09. The Morgan fingerprint density at radius 2 is 2.11 bits per heavy atom. The van der Waals surface area contributed by atoms with Gasteiger partial charge in [-0.15, -0.1) is 0 Å². The second-order valence-corrected chi connectivity index (χ2v) is 4.56. The highest BCUT2D eigenvalue weighted by Crippen LogP contribution is 2.10. The molecule has 0 bridgehead atoms. The number of nitrogens with two attached hydrogens (primary N) is 1. The van der Waals surface area contributed by atoms with Gasteiger partial charge in [-0.05, 0) is 24.6 Å². The largest absolute Gasteiger partial charge is 0.366 e. The number of carbonyl (C=O) groups excluding carboxylic acids is 1. The third kappa shape index (κ3) is 3.20. The maximum absolute atomic E-state index is 11.0. The van der Waals surface area contributed by atoms with Gasteiger partial charge < -0.3 is 15.6 Å². The Balaban J connectivity index is 1.95. The monoisotopic (exact) mass is 258 g/mol. The maximum atomic E-state index is 11.0. The van der Waals surface area contributed by atoms with Gasteiger partial charge in [0.15, 0.2) is 0 Å². The van der Waals surface area contributed by atoms with Gasteiger partial charge in [0, 0.05) is 31.5 Å². The average molecular weight is 258 g/mol. The van der Waals surface area contributed by atoms with Gasteiger partial charge in [-0.2, -0.15) is 0 Å². The van der Waals surface area contributed by atoms with Crippen LogP contribution in [0.2, 0.25) is 0 Å². The number of nitrogens with one attached hydrogen (secondary N) is 1. The number of nitrogens with zero attached hydrogens (tertiary/aromatic N) is 2. The molecule has 100 valence electrons. The van der Waals surface area contributed by atoms with Crippen molar-refractivity contribution >= 4 is 5.91 Å². The lowest BCUT2D eigenvalue weighted by Crippen LogP contribution is -2.21. The summed E-state index contributed by atoms with van der Waals surface area (Å²) < 4.78 is 1.99. The first-order valence-corrected chi connectivity index (χ1v) is 6.17. The molecule has 1 aromatic carbocycles. The van der Waals surface area contributed by atoms with Crippen molar-refractivity contribution in [2.45, 2.75) is 19.5 Å². The Hall–Kier alpha value is -2.14. The molecule has 1 amide bonds. The SMILES string of the molecule is CC(NCc1ccc(C(N)=O)cc1)c1nccn1C. The molecule has 5 nitrogen and oxygen atoms in total. The van der Waals surface area contributed by atoms with Gasteiger partial charge in [-0.25, -0.2) is 4.98 Å². The molecule has 2 aromatic rings. The second-order valence-electron chi connectivity index (χ2n) is 4.56. The third-order valence-corrected chi connectivity index (χ3v) is 3.10. The lowest BCUT2D eigenvalue weighted by atomic mass is 10.1. The maximum Gasteiger partial charge on any atom is 0.248 e. The number of carbonyl (C=O) groups is 1. The van der Waals surface area contributed by atoms with Gasteiger partial charge in [0.2, 0.25) is 5.91 Å². The van der Waals surface area contributed by atoms with E-state index in [0.29, 0.717) is 12.1 Å². The van der Waals surface area contributed by atoms with Crippen LogP contribution in [0, 0.1) is 0 Å². The molecule has 1 heterocycles. The Morgan fingerprint density at radius 1 is 1.42 bits per heavy atom. The Bertz CT molecular complexity index is 559. The molecule has 19 heavy (non-hydrogen) atoms. The van der Waals surface area contributed by atoms with E-state index in [1.54, 1.807) is 18.3 Å². The van der Waals surface area contributed by atoms with Crippen molar-refractivity contribution in [2.75, 3.05) is 0 Å². The predicted octanol–water partition coefficient (Wildman–Crippen LogP) is 1.37. The van der Waals surface area contributed by atoms with E-state index in [-0.39, 0.29) is 6.04 Å². The van der Waals surface area contributed by atoms with Crippen LogP contribution >= 0.6 is 0 Å². The van der Waals surface area contributed by atoms with E-state index in [1.165, 1.54) is 0 Å². The minimum atomic E-state index is -0.402. The summed E-state index contributed by atoms with van der Waals surface area (Å²) in [5.41, 5.74) is 6.83. The number of hydrogen-bond donors (Lipinski definition) is 2. The first-order valence-electron chi connectivity index (χ1n) is 6.17. The molecular formula is C14H18N4O. The zero-order chi connectivity index (χ0) is 13.8. The van der Waals surface area contributed by atoms with Crippen molar-refractivity contribution in [1.29, 1.82) is 0 Å². The topological polar surface area (TPSA) is 72.9 Å². The lowest BCUT2D eigenvalue weighted by molar-refractivity contribution is 0.100. The highest BCUT2D eigenvalue weighted by molar-refractivity contribution is 5.92. The van der Waals surface area contributed by atoms with Crippen molar-refractivity contribution in [1.82, 2.24) is 14.9 Å². The number of primary amides is 1. The van der Waals surface area contributed by atoms with Crippen molar-refractivity contribution in [3.63, 3.8) is 0 Å². The molecule has 0 aliphatic rings. The molecule has 0 aliphatic heterocycles. The van der Waals surface area contributed by atoms with Gasteiger partial charge in [0.05, 0.1) is 6.04 Å². The quantitative estimate of drug-likeness (QED) is 0.850. The van der Waals surface area contributed by atoms with Gasteiger partial charge in [0.25, 0.3) is 0 Å². The summed E-state index contributed by atoms with van der Waals surface area (Å²) in [5.74, 6) is 0.592. The molecule has 3 N–H and O–H groups in total. The fourth-order valence-electron chi connectivity index (χ4n) is 1.94. The normalized spacial score (nSPS) is 12.3. The molecule has 0 spiro atoms. The van der Waals surface area contributed by atoms with Crippen molar-refractivity contribution in [2.24, 2.45) is 12.8 Å². The Morgan fingerprint density at radius 3 is 2.63 bits per heavy atom. The molecule has 1 atom stereocenters. The summed E-state index contributed by atoms with van der Waals surface area (Å²) in [6, 6.07) is 7.45. The first-order chi connectivity index (χ1) is 9.08. The van der Waals surface area contributed by atoms with E-state index in [1.807, 2.05) is 29.9 Å². The number of aromatic nitrogens is 2. The number of hydrogen-bond acceptors (Lipinski definition) is 3. The van der Waals surface area contributed by atoms with Crippen LogP contribution in [0.15, 0.2) is 36.7 Å². The molecule has 5 heteroatoms. The highest BCUT2D eigenvalue weighted by atomic mass is 16.1. The van der Waals surface area contributed by atoms with Crippen LogP contribution in [0.1, 0.15) is 34.7 Å². The van der Waals surface area contributed by atoms with Gasteiger partial charge in [-0.3, -0.25) is 4.79 Å². The summed E-state index contributed by atoms with van der Waals surface area (Å²) in [4.78, 5) is 15.3. The van der Waals surface area contributed by atoms with E-state index in [0.717, 1.165) is 11.4 Å². The second kappa shape index (κ2) is 5.67. The van der Waals surface area contributed by atoms with Gasteiger partial charge in [0.1, 0.15) is 5.82 Å². The molecular weight excluding hydrogens is 240 g/mol. The van der Waals surface area contributed by atoms with E-state index < -0.39 is 5.91 Å². The lowest BCUT2D eigenvalue weighted by Gasteiger charge is -2.13. The Labute approximate surface area is 112 Å². The minimum Gasteiger partial charge on any atom is -0.366 e. The fourth-order valence-corrected chi connectivity index (χ4v) is 1.94. The summed E-state index contributed by atoms with van der Waals surface area (Å²) in [6.45, 7) is 2.78. The molecule has 0 aliphatic carbocycles. The van der Waals surface area contributed by atoms with Crippen molar-refractivity contribution in [3.05, 3.63) is 53.6 Å². The Kier molecular flexibility index (Phi) is 3.97. The predicted molar refractivity (Wildman–Crippen MR) is 73.4 cm³/mol. The molecule has 0 saturated heterocycles. The average Bonchev–Trinajstić information content (AvgIpc) is 2.83. The minimum absolute atomic E-state index is 0.163. The standard InChI is InChI=1S/C14H18N4O/c1-10(14-16-7-8-18(14)2)17-9-11-3-5-12(6-4-11)13(15)19/h3-8,10,17H,9H2,1-2H3,(H2,15,19). The smallest absolute Gasteiger partial charge is 0.248 e. The van der Waals surface area contributed by atoms with Crippen LogP contribution in [0.3, 0.4) is 0 Å². The van der Waals surface area contributed by atoms with Crippen molar-refractivity contribution < 1.29 is 4.79 Å². The van der Waals surface area contributed by atoms with E-state index >= 15 is 0 Å². The van der Waals surface area contributed by atoms with E-state index in [4.69, 9.17) is 5.73 Å². The zero-order valence-electron chi connectivity index (χ0n) is 11.1. The van der Waals surface area contributed by atoms with Crippen LogP contribution < -0.4 is 11.1 Å². The van der Waals surface area contributed by atoms with E-state index in [2.05, 4.69) is 17.2 Å². The van der Waals surface area contributed by atoms with Crippen molar-refractivity contribution in [3.8, 4) is 0 Å². The number of rotatable bonds is 5. The van der Waals surface area contributed by atoms with Gasteiger partial charge in [-0.1, -0.05) is 12.1 Å². The molecule has 2 rings (SSSR count). The summed E-state index contributed by atoms with van der Waals surface area (Å²) >= 11 is 0. The molecule has 0 saturated carbocycles. The first kappa shape index (κ1) is 13.3. The molecule has 0 radical (unpaired) electrons. The molecule has 1 aromatic heterocycles. The zero-order valence-corrected chi connectivity index (χ0v) is 11.1. The summed E-state index contributed by atoms with van der Waals surface area (Å²) in [6.07, 6.45) is 3.71. The van der Waals surface area contributed by atoms with Crippen LogP contribution in [-0.2, 0) is 13.6 Å². The van der Waals surface area contributed by atoms with Crippen LogP contribution in [0.5, 0.6) is 0 Å². The molecule has 0 fully saturated rings. The third-order valence-electron chi connectivity index (χ3n) is 3.10.